The van der Waals surface area contributed by atoms with Gasteiger partial charge in [-0.2, -0.15) is 0 Å². The fraction of sp³-hybridized carbons (Fsp3) is 0.750. The molecule has 5 heteroatoms. The van der Waals surface area contributed by atoms with Crippen LogP contribution in [-0.2, 0) is 4.79 Å². The summed E-state index contributed by atoms with van der Waals surface area (Å²) in [6.45, 7) is 1.21. The number of hydrogen-bond donors (Lipinski definition) is 1. The molecule has 0 rings (SSSR count). The van der Waals surface area contributed by atoms with Crippen LogP contribution in [0, 0.1) is 0 Å². The van der Waals surface area contributed by atoms with E-state index in [4.69, 9.17) is 0 Å². The minimum absolute atomic E-state index is 0.312. The van der Waals surface area contributed by atoms with Crippen LogP contribution in [0.1, 0.15) is 13.3 Å². The van der Waals surface area contributed by atoms with Gasteiger partial charge in [0.15, 0.2) is 0 Å². The summed E-state index contributed by atoms with van der Waals surface area (Å²) in [5, 5.41) is -1.04. The lowest BCUT2D eigenvalue weighted by atomic mass is 10.2. The van der Waals surface area contributed by atoms with Gasteiger partial charge in [0, 0.05) is 11.8 Å². The molecule has 1 atom stereocenters. The third-order valence-corrected chi connectivity index (χ3v) is 0.830. The van der Waals surface area contributed by atoms with Crippen molar-refractivity contribution < 1.29 is 13.8 Å². The van der Waals surface area contributed by atoms with Crippen LogP contribution in [0.15, 0.2) is 0 Å². The van der Waals surface area contributed by atoms with Crippen LogP contribution < -0.4 is 5.73 Å². The van der Waals surface area contributed by atoms with Gasteiger partial charge >= 0.3 is 0 Å². The van der Waals surface area contributed by atoms with Crippen molar-refractivity contribution in [1.29, 1.82) is 0 Å². The maximum Gasteiger partial charge on any atom is 0.219 e. The normalized spacial score (nSPS) is 13.8. The molecule has 3 nitrogen and oxygen atoms in total. The number of amides is 1. The number of nitrogens with two attached hydrogens (primary N) is 1. The second-order valence-electron chi connectivity index (χ2n) is 1.78. The molecule has 0 radical (unpaired) electrons. The number of nitrogens with zero attached hydrogens (tertiary/aromatic N) is 1. The van der Waals surface area contributed by atoms with Gasteiger partial charge in [-0.3, -0.25) is 4.79 Å². The van der Waals surface area contributed by atoms with Crippen molar-refractivity contribution in [3.05, 3.63) is 0 Å². The number of hydrogen-bond acceptors (Lipinski definition) is 2. The molecule has 1 unspecified atom stereocenters. The minimum Gasteiger partial charge on any atom is -0.370 e. The van der Waals surface area contributed by atoms with Crippen LogP contribution in [-0.4, -0.2) is 17.3 Å². The summed E-state index contributed by atoms with van der Waals surface area (Å²) in [6.07, 6.45) is -0.312. The van der Waals surface area contributed by atoms with Gasteiger partial charge in [-0.25, -0.2) is 0 Å². The van der Waals surface area contributed by atoms with Crippen LogP contribution in [0.4, 0.5) is 8.96 Å². The highest BCUT2D eigenvalue weighted by molar-refractivity contribution is 5.74. The lowest BCUT2D eigenvalue weighted by Crippen LogP contribution is -2.24. The first-order valence-electron chi connectivity index (χ1n) is 2.43. The predicted molar refractivity (Wildman–Crippen MR) is 27.3 cm³/mol. The number of halogens is 2. The van der Waals surface area contributed by atoms with Crippen molar-refractivity contribution >= 4 is 5.91 Å². The highest BCUT2D eigenvalue weighted by Gasteiger charge is 2.13. The number of carbonyl (C=O) groups excluding carboxylic acids is 1. The Morgan fingerprint density at radius 2 is 2.22 bits per heavy atom. The predicted octanol–water partition coefficient (Wildman–Crippen LogP) is 0.321. The second kappa shape index (κ2) is 3.34. The smallest absolute Gasteiger partial charge is 0.219 e. The number of carbonyl (C=O) groups is 1. The lowest BCUT2D eigenvalue weighted by molar-refractivity contribution is -0.185. The van der Waals surface area contributed by atoms with E-state index in [2.05, 4.69) is 5.73 Å². The third-order valence-electron chi connectivity index (χ3n) is 0.830. The molecule has 0 heterocycles. The Hall–Kier alpha value is -0.710. The van der Waals surface area contributed by atoms with E-state index in [1.165, 1.54) is 6.92 Å². The van der Waals surface area contributed by atoms with Crippen LogP contribution >= 0.6 is 0 Å². The highest BCUT2D eigenvalue weighted by atomic mass is 19.4. The lowest BCUT2D eigenvalue weighted by Gasteiger charge is -2.06. The molecular weight excluding hydrogens is 130 g/mol. The number of primary amides is 1. The first kappa shape index (κ1) is 8.29. The Morgan fingerprint density at radius 3 is 2.33 bits per heavy atom. The molecule has 0 bridgehead atoms. The number of rotatable bonds is 3. The van der Waals surface area contributed by atoms with Crippen molar-refractivity contribution in [2.75, 3.05) is 0 Å². The van der Waals surface area contributed by atoms with Crippen LogP contribution in [0.2, 0.25) is 0 Å². The summed E-state index contributed by atoms with van der Waals surface area (Å²) in [6, 6.07) is -1.08. The molecule has 0 saturated carbocycles. The molecule has 0 aromatic heterocycles. The summed E-state index contributed by atoms with van der Waals surface area (Å²) >= 11 is 0. The van der Waals surface area contributed by atoms with E-state index < -0.39 is 17.3 Å². The largest absolute Gasteiger partial charge is 0.370 e. The zero-order valence-corrected chi connectivity index (χ0v) is 4.97. The first-order valence-corrected chi connectivity index (χ1v) is 2.43. The van der Waals surface area contributed by atoms with E-state index >= 15 is 0 Å². The molecule has 0 aromatic rings. The zero-order valence-electron chi connectivity index (χ0n) is 4.97. The van der Waals surface area contributed by atoms with E-state index in [1.54, 1.807) is 0 Å². The maximum atomic E-state index is 11.4. The molecule has 0 saturated heterocycles. The summed E-state index contributed by atoms with van der Waals surface area (Å²) in [7, 11) is 0. The minimum atomic E-state index is -1.08. The SMILES string of the molecule is CC(CC(N)=O)N(F)F. The first-order chi connectivity index (χ1) is 4.04. The molecule has 0 aliphatic carbocycles. The molecule has 0 aliphatic heterocycles. The topological polar surface area (TPSA) is 46.3 Å². The van der Waals surface area contributed by atoms with Gasteiger partial charge in [0.05, 0.1) is 6.04 Å². The molecule has 54 valence electrons. The molecule has 0 spiro atoms. The molecule has 1 amide bonds. The van der Waals surface area contributed by atoms with E-state index in [9.17, 15) is 13.8 Å². The van der Waals surface area contributed by atoms with Gasteiger partial charge in [-0.1, -0.05) is 0 Å². The molecular formula is C4H8F2N2O. The molecule has 0 aliphatic rings. The maximum absolute atomic E-state index is 11.4. The van der Waals surface area contributed by atoms with E-state index in [0.717, 1.165) is 0 Å². The van der Waals surface area contributed by atoms with Gasteiger partial charge in [0.25, 0.3) is 0 Å². The van der Waals surface area contributed by atoms with Crippen molar-refractivity contribution in [3.8, 4) is 0 Å². The highest BCUT2D eigenvalue weighted by Crippen LogP contribution is 2.02. The van der Waals surface area contributed by atoms with E-state index in [1.807, 2.05) is 0 Å². The van der Waals surface area contributed by atoms with Crippen molar-refractivity contribution in [2.24, 2.45) is 5.73 Å². The summed E-state index contributed by atoms with van der Waals surface area (Å²) in [5.74, 6) is -0.720. The van der Waals surface area contributed by atoms with Crippen molar-refractivity contribution in [2.45, 2.75) is 19.4 Å². The van der Waals surface area contributed by atoms with Gasteiger partial charge in [-0.15, -0.1) is 8.96 Å². The standard InChI is InChI=1S/C4H8F2N2O/c1-3(8(5)6)2-4(7)9/h3H,2H2,1H3,(H2,7,9). The van der Waals surface area contributed by atoms with Crippen LogP contribution in [0.25, 0.3) is 0 Å². The Bertz CT molecular complexity index is 107. The van der Waals surface area contributed by atoms with Crippen LogP contribution in [0.3, 0.4) is 0 Å². The Labute approximate surface area is 51.3 Å². The monoisotopic (exact) mass is 138 g/mol. The Morgan fingerprint density at radius 1 is 1.78 bits per heavy atom. The van der Waals surface area contributed by atoms with Gasteiger partial charge in [-0.05, 0) is 6.92 Å². The zero-order chi connectivity index (χ0) is 7.44. The second-order valence-corrected chi connectivity index (χ2v) is 1.78. The van der Waals surface area contributed by atoms with Crippen molar-refractivity contribution in [3.63, 3.8) is 0 Å². The summed E-state index contributed by atoms with van der Waals surface area (Å²) in [5.41, 5.74) is 4.63. The van der Waals surface area contributed by atoms with Gasteiger partial charge in [0.1, 0.15) is 0 Å². The fourth-order valence-corrected chi connectivity index (χ4v) is 0.360. The fourth-order valence-electron chi connectivity index (χ4n) is 0.360. The third kappa shape index (κ3) is 3.84. The van der Waals surface area contributed by atoms with E-state index in [0.29, 0.717) is 0 Å². The molecule has 0 aromatic carbocycles. The quantitative estimate of drug-likeness (QED) is 0.571. The van der Waals surface area contributed by atoms with Crippen molar-refractivity contribution in [1.82, 2.24) is 5.34 Å². The average Bonchev–Trinajstić information content (AvgIpc) is 1.63. The summed E-state index contributed by atoms with van der Waals surface area (Å²) in [4.78, 5) is 9.98. The summed E-state index contributed by atoms with van der Waals surface area (Å²) < 4.78 is 22.8. The molecule has 9 heavy (non-hydrogen) atoms. The van der Waals surface area contributed by atoms with Gasteiger partial charge < -0.3 is 5.73 Å². The van der Waals surface area contributed by atoms with Gasteiger partial charge in [0.2, 0.25) is 5.91 Å². The molecule has 2 N–H and O–H groups in total. The average molecular weight is 138 g/mol. The molecule has 0 fully saturated rings. The van der Waals surface area contributed by atoms with Crippen LogP contribution in [0.5, 0.6) is 0 Å². The Balaban J connectivity index is 3.50. The Kier molecular flexibility index (Phi) is 3.08. The van der Waals surface area contributed by atoms with E-state index in [-0.39, 0.29) is 6.42 Å².